The van der Waals surface area contributed by atoms with Crippen LogP contribution in [0.2, 0.25) is 0 Å². The van der Waals surface area contributed by atoms with E-state index < -0.39 is 0 Å². The third kappa shape index (κ3) is 4.74. The van der Waals surface area contributed by atoms with Gasteiger partial charge in [0.05, 0.1) is 11.5 Å². The average Bonchev–Trinajstić information content (AvgIpc) is 2.28. The van der Waals surface area contributed by atoms with E-state index in [0.29, 0.717) is 0 Å². The molecule has 0 N–H and O–H groups in total. The van der Waals surface area contributed by atoms with Crippen molar-refractivity contribution in [2.24, 2.45) is 5.41 Å². The predicted octanol–water partition coefficient (Wildman–Crippen LogP) is 5.02. The lowest BCUT2D eigenvalue weighted by atomic mass is 9.87. The Morgan fingerprint density at radius 3 is 2.06 bits per heavy atom. The first-order chi connectivity index (χ1) is 8.24. The lowest BCUT2D eigenvalue weighted by molar-refractivity contribution is 0.482. The number of benzene rings is 1. The molecule has 0 unspecified atom stereocenters. The summed E-state index contributed by atoms with van der Waals surface area (Å²) in [5.41, 5.74) is 1.37. The van der Waals surface area contributed by atoms with Crippen LogP contribution in [0, 0.1) is 16.7 Å². The fourth-order valence-electron chi connectivity index (χ4n) is 1.53. The van der Waals surface area contributed by atoms with Crippen molar-refractivity contribution in [1.82, 2.24) is 0 Å². The van der Waals surface area contributed by atoms with Crippen LogP contribution in [0.5, 0.6) is 0 Å². The molecule has 1 rings (SSSR count). The van der Waals surface area contributed by atoms with Gasteiger partial charge in [0.25, 0.3) is 0 Å². The fraction of sp³-hybridized carbons (Fsp3) is 0.562. The van der Waals surface area contributed by atoms with Gasteiger partial charge in [0, 0.05) is 4.90 Å². The second kappa shape index (κ2) is 5.80. The fourth-order valence-corrected chi connectivity index (χ4v) is 2.71. The van der Waals surface area contributed by atoms with Crippen molar-refractivity contribution in [2.75, 3.05) is 5.75 Å². The standard InChI is InChI=1S/C16H23NS/c1-15(2,3)13-6-8-14(9-7-13)18-11-10-16(4,5)12-17/h6-9H,10-11H2,1-5H3. The first kappa shape index (κ1) is 15.1. The first-order valence-electron chi connectivity index (χ1n) is 6.39. The van der Waals surface area contributed by atoms with Crippen molar-refractivity contribution in [1.29, 1.82) is 5.26 Å². The number of thioether (sulfide) groups is 1. The molecule has 0 aliphatic heterocycles. The lowest BCUT2D eigenvalue weighted by Crippen LogP contribution is -2.10. The molecular weight excluding hydrogens is 238 g/mol. The summed E-state index contributed by atoms with van der Waals surface area (Å²) >= 11 is 1.83. The summed E-state index contributed by atoms with van der Waals surface area (Å²) in [7, 11) is 0. The highest BCUT2D eigenvalue weighted by atomic mass is 32.2. The molecule has 1 aromatic carbocycles. The van der Waals surface area contributed by atoms with Gasteiger partial charge in [-0.1, -0.05) is 32.9 Å². The summed E-state index contributed by atoms with van der Waals surface area (Å²) in [5, 5.41) is 8.96. The van der Waals surface area contributed by atoms with E-state index in [1.54, 1.807) is 0 Å². The van der Waals surface area contributed by atoms with Gasteiger partial charge in [-0.2, -0.15) is 5.26 Å². The number of nitriles is 1. The van der Waals surface area contributed by atoms with Crippen LogP contribution < -0.4 is 0 Å². The van der Waals surface area contributed by atoms with Crippen LogP contribution in [0.15, 0.2) is 29.2 Å². The Morgan fingerprint density at radius 2 is 1.61 bits per heavy atom. The Bertz CT molecular complexity index is 418. The monoisotopic (exact) mass is 261 g/mol. The molecule has 0 saturated heterocycles. The maximum atomic E-state index is 8.96. The van der Waals surface area contributed by atoms with Gasteiger partial charge in [0.2, 0.25) is 0 Å². The van der Waals surface area contributed by atoms with Crippen LogP contribution in [0.3, 0.4) is 0 Å². The molecule has 0 amide bonds. The van der Waals surface area contributed by atoms with Crippen molar-refractivity contribution in [3.05, 3.63) is 29.8 Å². The first-order valence-corrected chi connectivity index (χ1v) is 7.38. The van der Waals surface area contributed by atoms with Gasteiger partial charge in [0.15, 0.2) is 0 Å². The highest BCUT2D eigenvalue weighted by Gasteiger charge is 2.16. The predicted molar refractivity (Wildman–Crippen MR) is 79.9 cm³/mol. The molecule has 0 aliphatic rings. The number of rotatable bonds is 4. The summed E-state index contributed by atoms with van der Waals surface area (Å²) < 4.78 is 0. The quantitative estimate of drug-likeness (QED) is 0.711. The van der Waals surface area contributed by atoms with Crippen LogP contribution in [0.25, 0.3) is 0 Å². The van der Waals surface area contributed by atoms with Gasteiger partial charge in [0.1, 0.15) is 0 Å². The van der Waals surface area contributed by atoms with E-state index in [9.17, 15) is 0 Å². The maximum Gasteiger partial charge on any atom is 0.0684 e. The van der Waals surface area contributed by atoms with E-state index in [2.05, 4.69) is 51.1 Å². The molecule has 98 valence electrons. The summed E-state index contributed by atoms with van der Waals surface area (Å²) in [6, 6.07) is 11.1. The highest BCUT2D eigenvalue weighted by Crippen LogP contribution is 2.28. The Balaban J connectivity index is 2.53. The summed E-state index contributed by atoms with van der Waals surface area (Å²) in [6.45, 7) is 10.7. The third-order valence-corrected chi connectivity index (χ3v) is 4.03. The largest absolute Gasteiger partial charge is 0.198 e. The van der Waals surface area contributed by atoms with E-state index in [-0.39, 0.29) is 10.8 Å². The number of nitrogens with zero attached hydrogens (tertiary/aromatic N) is 1. The van der Waals surface area contributed by atoms with Crippen LogP contribution in [0.4, 0.5) is 0 Å². The van der Waals surface area contributed by atoms with Crippen molar-refractivity contribution < 1.29 is 0 Å². The topological polar surface area (TPSA) is 23.8 Å². The number of hydrogen-bond donors (Lipinski definition) is 0. The third-order valence-electron chi connectivity index (χ3n) is 3.02. The summed E-state index contributed by atoms with van der Waals surface area (Å²) in [6.07, 6.45) is 0.926. The molecule has 18 heavy (non-hydrogen) atoms. The molecule has 1 aromatic rings. The SMILES string of the molecule is CC(C)(C#N)CCSc1ccc(C(C)(C)C)cc1. The van der Waals surface area contributed by atoms with E-state index in [0.717, 1.165) is 12.2 Å². The van der Waals surface area contributed by atoms with Gasteiger partial charge < -0.3 is 0 Å². The van der Waals surface area contributed by atoms with Gasteiger partial charge in [-0.15, -0.1) is 11.8 Å². The molecule has 0 spiro atoms. The molecule has 0 heterocycles. The molecule has 0 atom stereocenters. The molecule has 0 fully saturated rings. The molecular formula is C16H23NS. The second-order valence-electron chi connectivity index (χ2n) is 6.37. The normalized spacial score (nSPS) is 12.2. The molecule has 2 heteroatoms. The minimum absolute atomic E-state index is 0.210. The van der Waals surface area contributed by atoms with Crippen LogP contribution >= 0.6 is 11.8 Å². The smallest absolute Gasteiger partial charge is 0.0684 e. The van der Waals surface area contributed by atoms with E-state index >= 15 is 0 Å². The Kier molecular flexibility index (Phi) is 4.87. The summed E-state index contributed by atoms with van der Waals surface area (Å²) in [4.78, 5) is 1.29. The minimum atomic E-state index is -0.210. The van der Waals surface area contributed by atoms with Gasteiger partial charge in [-0.25, -0.2) is 0 Å². The molecule has 0 radical (unpaired) electrons. The molecule has 0 aliphatic carbocycles. The number of hydrogen-bond acceptors (Lipinski definition) is 2. The second-order valence-corrected chi connectivity index (χ2v) is 7.54. The molecule has 1 nitrogen and oxygen atoms in total. The Labute approximate surface area is 116 Å². The van der Waals surface area contributed by atoms with E-state index in [4.69, 9.17) is 5.26 Å². The van der Waals surface area contributed by atoms with Crippen molar-refractivity contribution in [2.45, 2.75) is 51.3 Å². The zero-order valence-electron chi connectivity index (χ0n) is 12.1. The Morgan fingerprint density at radius 1 is 1.06 bits per heavy atom. The van der Waals surface area contributed by atoms with Crippen molar-refractivity contribution in [3.8, 4) is 6.07 Å². The van der Waals surface area contributed by atoms with Crippen LogP contribution in [-0.4, -0.2) is 5.75 Å². The molecule has 0 bridgehead atoms. The van der Waals surface area contributed by atoms with Gasteiger partial charge in [-0.3, -0.25) is 0 Å². The lowest BCUT2D eigenvalue weighted by Gasteiger charge is -2.19. The van der Waals surface area contributed by atoms with Gasteiger partial charge in [-0.05, 0) is 49.1 Å². The van der Waals surface area contributed by atoms with Crippen molar-refractivity contribution >= 4 is 11.8 Å². The zero-order chi connectivity index (χ0) is 13.8. The highest BCUT2D eigenvalue weighted by molar-refractivity contribution is 7.99. The zero-order valence-corrected chi connectivity index (χ0v) is 12.9. The molecule has 0 aromatic heterocycles. The average molecular weight is 261 g/mol. The Hall–Kier alpha value is -0.940. The van der Waals surface area contributed by atoms with Crippen molar-refractivity contribution in [3.63, 3.8) is 0 Å². The van der Waals surface area contributed by atoms with Gasteiger partial charge >= 0.3 is 0 Å². The summed E-state index contributed by atoms with van der Waals surface area (Å²) in [5.74, 6) is 0.995. The maximum absolute atomic E-state index is 8.96. The molecule has 0 saturated carbocycles. The van der Waals surface area contributed by atoms with E-state index in [1.165, 1.54) is 10.5 Å². The van der Waals surface area contributed by atoms with Crippen LogP contribution in [0.1, 0.15) is 46.6 Å². The van der Waals surface area contributed by atoms with Crippen LogP contribution in [-0.2, 0) is 5.41 Å². The van der Waals surface area contributed by atoms with E-state index in [1.807, 2.05) is 25.6 Å². The minimum Gasteiger partial charge on any atom is -0.198 e.